The van der Waals surface area contributed by atoms with E-state index >= 15 is 0 Å². The summed E-state index contributed by atoms with van der Waals surface area (Å²) in [6.07, 6.45) is -0.0828. The molecule has 0 unspecified atom stereocenters. The number of hydrogen-bond acceptors (Lipinski definition) is 6. The standard InChI is InChI=1S/C25H27ClN4O4S/c1-4-21-27-22(34-29-21)16-7-10-20-19(11-16)30(13-15-5-8-18(26)9-6-15)23(31)17(14-35-20)12-25(2,3)28-24(32)33/h5-11,17,28H,4,12-14H2,1-3H3,(H,32,33)/t17-/m0/s1. The molecular formula is C25H27ClN4O4S. The Morgan fingerprint density at radius 2 is 2.03 bits per heavy atom. The summed E-state index contributed by atoms with van der Waals surface area (Å²) in [6, 6.07) is 13.2. The Balaban J connectivity index is 1.72. The van der Waals surface area contributed by atoms with Gasteiger partial charge in [0.25, 0.3) is 5.89 Å². The number of hydrogen-bond donors (Lipinski definition) is 2. The van der Waals surface area contributed by atoms with Crippen LogP contribution in [0.25, 0.3) is 11.5 Å². The highest BCUT2D eigenvalue weighted by Gasteiger charge is 2.36. The van der Waals surface area contributed by atoms with Gasteiger partial charge in [-0.1, -0.05) is 35.8 Å². The van der Waals surface area contributed by atoms with E-state index in [0.29, 0.717) is 41.9 Å². The van der Waals surface area contributed by atoms with Gasteiger partial charge in [-0.15, -0.1) is 11.8 Å². The number of carboxylic acid groups (broad SMARTS) is 1. The van der Waals surface area contributed by atoms with E-state index in [1.54, 1.807) is 42.6 Å². The number of carbonyl (C=O) groups excluding carboxylic acids is 1. The van der Waals surface area contributed by atoms with E-state index in [1.807, 2.05) is 37.3 Å². The molecule has 1 aromatic heterocycles. The molecule has 10 heteroatoms. The first-order chi connectivity index (χ1) is 16.6. The lowest BCUT2D eigenvalue weighted by atomic mass is 9.90. The average Bonchev–Trinajstić information content (AvgIpc) is 3.25. The van der Waals surface area contributed by atoms with Crippen LogP contribution in [0, 0.1) is 5.92 Å². The zero-order valence-electron chi connectivity index (χ0n) is 19.7. The number of thioether (sulfide) groups is 1. The molecular weight excluding hydrogens is 488 g/mol. The molecule has 0 radical (unpaired) electrons. The van der Waals surface area contributed by atoms with Crippen molar-refractivity contribution in [2.75, 3.05) is 10.7 Å². The molecule has 0 saturated carbocycles. The summed E-state index contributed by atoms with van der Waals surface area (Å²) < 4.78 is 5.43. The fraction of sp³-hybridized carbons (Fsp3) is 0.360. The highest BCUT2D eigenvalue weighted by molar-refractivity contribution is 7.99. The van der Waals surface area contributed by atoms with E-state index in [1.165, 1.54) is 0 Å². The second kappa shape index (κ2) is 10.3. The molecule has 2 N–H and O–H groups in total. The molecule has 4 rings (SSSR count). The van der Waals surface area contributed by atoms with Crippen molar-refractivity contribution < 1.29 is 19.2 Å². The van der Waals surface area contributed by atoms with Gasteiger partial charge in [-0.05, 0) is 56.2 Å². The third kappa shape index (κ3) is 5.97. The largest absolute Gasteiger partial charge is 0.465 e. The van der Waals surface area contributed by atoms with E-state index < -0.39 is 11.6 Å². The van der Waals surface area contributed by atoms with Crippen LogP contribution in [-0.2, 0) is 17.8 Å². The van der Waals surface area contributed by atoms with E-state index in [2.05, 4.69) is 15.5 Å². The molecule has 1 aliphatic rings. The number of carbonyl (C=O) groups is 2. The Labute approximate surface area is 213 Å². The number of fused-ring (bicyclic) bond motifs is 1. The minimum atomic E-state index is -1.11. The minimum absolute atomic E-state index is 0.0663. The Kier molecular flexibility index (Phi) is 7.37. The van der Waals surface area contributed by atoms with Crippen molar-refractivity contribution in [3.8, 4) is 11.5 Å². The van der Waals surface area contributed by atoms with Crippen LogP contribution in [0.2, 0.25) is 5.02 Å². The van der Waals surface area contributed by atoms with Crippen LogP contribution in [-0.4, -0.2) is 38.5 Å². The van der Waals surface area contributed by atoms with Crippen molar-refractivity contribution in [1.29, 1.82) is 0 Å². The van der Waals surface area contributed by atoms with Crippen LogP contribution < -0.4 is 10.2 Å². The first kappa shape index (κ1) is 25.1. The van der Waals surface area contributed by atoms with E-state index in [4.69, 9.17) is 16.1 Å². The van der Waals surface area contributed by atoms with Crippen molar-refractivity contribution in [2.45, 2.75) is 50.6 Å². The molecule has 1 atom stereocenters. The highest BCUT2D eigenvalue weighted by Crippen LogP contribution is 2.41. The first-order valence-electron chi connectivity index (χ1n) is 11.3. The van der Waals surface area contributed by atoms with Crippen molar-refractivity contribution in [2.24, 2.45) is 5.92 Å². The van der Waals surface area contributed by atoms with Gasteiger partial charge in [0.1, 0.15) is 0 Å². The second-order valence-corrected chi connectivity index (χ2v) is 10.6. The van der Waals surface area contributed by atoms with Gasteiger partial charge in [-0.3, -0.25) is 4.79 Å². The van der Waals surface area contributed by atoms with Gasteiger partial charge in [0.2, 0.25) is 5.91 Å². The number of amides is 2. The van der Waals surface area contributed by atoms with Crippen LogP contribution in [0.3, 0.4) is 0 Å². The van der Waals surface area contributed by atoms with Crippen LogP contribution in [0.4, 0.5) is 10.5 Å². The molecule has 3 aromatic rings. The van der Waals surface area contributed by atoms with Gasteiger partial charge in [-0.2, -0.15) is 4.98 Å². The fourth-order valence-electron chi connectivity index (χ4n) is 4.14. The lowest BCUT2D eigenvalue weighted by Gasteiger charge is -2.31. The molecule has 0 saturated heterocycles. The maximum absolute atomic E-state index is 13.9. The van der Waals surface area contributed by atoms with E-state index in [9.17, 15) is 14.7 Å². The summed E-state index contributed by atoms with van der Waals surface area (Å²) in [4.78, 5) is 32.3. The first-order valence-corrected chi connectivity index (χ1v) is 12.7. The Hall–Kier alpha value is -3.04. The Morgan fingerprint density at radius 1 is 1.29 bits per heavy atom. The monoisotopic (exact) mass is 514 g/mol. The Morgan fingerprint density at radius 3 is 2.69 bits per heavy atom. The molecule has 184 valence electrons. The molecule has 8 nitrogen and oxygen atoms in total. The number of aromatic nitrogens is 2. The van der Waals surface area contributed by atoms with Gasteiger partial charge in [-0.25, -0.2) is 4.79 Å². The topological polar surface area (TPSA) is 109 Å². The van der Waals surface area contributed by atoms with E-state index in [-0.39, 0.29) is 11.8 Å². The van der Waals surface area contributed by atoms with Gasteiger partial charge in [0.15, 0.2) is 5.82 Å². The maximum Gasteiger partial charge on any atom is 0.405 e. The van der Waals surface area contributed by atoms with Gasteiger partial charge in [0, 0.05) is 33.2 Å². The third-order valence-corrected chi connectivity index (χ3v) is 7.27. The van der Waals surface area contributed by atoms with Crippen molar-refractivity contribution >= 4 is 41.1 Å². The summed E-state index contributed by atoms with van der Waals surface area (Å²) in [6.45, 7) is 5.88. The predicted molar refractivity (Wildman–Crippen MR) is 136 cm³/mol. The lowest BCUT2D eigenvalue weighted by molar-refractivity contribution is -0.122. The van der Waals surface area contributed by atoms with Gasteiger partial charge >= 0.3 is 6.09 Å². The highest BCUT2D eigenvalue weighted by atomic mass is 35.5. The third-order valence-electron chi connectivity index (χ3n) is 5.79. The minimum Gasteiger partial charge on any atom is -0.465 e. The Bertz CT molecular complexity index is 1230. The van der Waals surface area contributed by atoms with Crippen molar-refractivity contribution in [3.63, 3.8) is 0 Å². The van der Waals surface area contributed by atoms with Crippen molar-refractivity contribution in [3.05, 3.63) is 58.9 Å². The van der Waals surface area contributed by atoms with Crippen LogP contribution >= 0.6 is 23.4 Å². The average molecular weight is 515 g/mol. The SMILES string of the molecule is CCc1noc(-c2ccc3c(c2)N(Cc2ccc(Cl)cc2)C(=O)[C@@H](CC(C)(C)NC(=O)O)CS3)n1. The number of rotatable bonds is 7. The summed E-state index contributed by atoms with van der Waals surface area (Å²) in [5.41, 5.74) is 1.66. The zero-order valence-corrected chi connectivity index (χ0v) is 21.3. The number of anilines is 1. The smallest absolute Gasteiger partial charge is 0.405 e. The molecule has 0 fully saturated rings. The molecule has 0 spiro atoms. The fourth-order valence-corrected chi connectivity index (χ4v) is 5.39. The lowest BCUT2D eigenvalue weighted by Crippen LogP contribution is -2.47. The molecule has 1 aliphatic heterocycles. The molecule has 2 heterocycles. The number of nitrogens with one attached hydrogen (secondary N) is 1. The summed E-state index contributed by atoms with van der Waals surface area (Å²) in [5.74, 6) is 1.10. The predicted octanol–water partition coefficient (Wildman–Crippen LogP) is 5.64. The molecule has 2 aromatic carbocycles. The summed E-state index contributed by atoms with van der Waals surface area (Å²) >= 11 is 7.65. The maximum atomic E-state index is 13.9. The number of nitrogens with zero attached hydrogens (tertiary/aromatic N) is 3. The van der Waals surface area contributed by atoms with Crippen LogP contribution in [0.5, 0.6) is 0 Å². The number of halogens is 1. The summed E-state index contributed by atoms with van der Waals surface area (Å²) in [5, 5.41) is 16.4. The molecule has 2 amide bonds. The van der Waals surface area contributed by atoms with E-state index in [0.717, 1.165) is 21.7 Å². The molecule has 0 bridgehead atoms. The van der Waals surface area contributed by atoms with Gasteiger partial charge in [0.05, 0.1) is 18.2 Å². The zero-order chi connectivity index (χ0) is 25.2. The quantitative estimate of drug-likeness (QED) is 0.419. The molecule has 35 heavy (non-hydrogen) atoms. The molecule has 0 aliphatic carbocycles. The summed E-state index contributed by atoms with van der Waals surface area (Å²) in [7, 11) is 0. The number of benzene rings is 2. The number of aryl methyl sites for hydroxylation is 1. The van der Waals surface area contributed by atoms with Crippen LogP contribution in [0.15, 0.2) is 51.9 Å². The normalized spacial score (nSPS) is 16.1. The van der Waals surface area contributed by atoms with Crippen molar-refractivity contribution in [1.82, 2.24) is 15.5 Å². The van der Waals surface area contributed by atoms with Gasteiger partial charge < -0.3 is 19.8 Å². The van der Waals surface area contributed by atoms with Crippen LogP contribution in [0.1, 0.15) is 38.6 Å². The second-order valence-electron chi connectivity index (χ2n) is 9.13.